The highest BCUT2D eigenvalue weighted by Gasteiger charge is 2.13. The molecule has 6 nitrogen and oxygen atoms in total. The summed E-state index contributed by atoms with van der Waals surface area (Å²) in [5, 5.41) is 4.85. The molecule has 0 unspecified atom stereocenters. The van der Waals surface area contributed by atoms with Gasteiger partial charge in [0.25, 0.3) is 0 Å². The molecule has 144 valence electrons. The smallest absolute Gasteiger partial charge is 0.345 e. The average molecular weight is 425 g/mol. The Morgan fingerprint density at radius 3 is 2.62 bits per heavy atom. The Labute approximate surface area is 176 Å². The Kier molecular flexibility index (Phi) is 5.46. The summed E-state index contributed by atoms with van der Waals surface area (Å²) in [6.45, 7) is 0. The molecule has 0 aliphatic carbocycles. The van der Waals surface area contributed by atoms with Crippen molar-refractivity contribution >= 4 is 52.4 Å². The number of hydrogen-bond acceptors (Lipinski definition) is 5. The molecule has 8 heteroatoms. The van der Waals surface area contributed by atoms with Gasteiger partial charge in [-0.15, -0.1) is 0 Å². The number of hydrazone groups is 1. The minimum atomic E-state index is -0.556. The first-order chi connectivity index (χ1) is 14.1. The minimum Gasteiger partial charge on any atom is -0.423 e. The van der Waals surface area contributed by atoms with Crippen molar-refractivity contribution in [2.75, 3.05) is 5.43 Å². The van der Waals surface area contributed by atoms with Crippen molar-refractivity contribution in [1.29, 1.82) is 0 Å². The van der Waals surface area contributed by atoms with Gasteiger partial charge in [-0.25, -0.2) is 15.2 Å². The van der Waals surface area contributed by atoms with Gasteiger partial charge in [0.15, 0.2) is 0 Å². The van der Waals surface area contributed by atoms with Crippen molar-refractivity contribution in [2.24, 2.45) is 5.10 Å². The van der Waals surface area contributed by atoms with Gasteiger partial charge < -0.3 is 9.72 Å². The number of halogens is 2. The van der Waals surface area contributed by atoms with E-state index in [9.17, 15) is 4.79 Å². The second-order valence-corrected chi connectivity index (χ2v) is 6.90. The number of rotatable bonds is 5. The highest BCUT2D eigenvalue weighted by Crippen LogP contribution is 2.23. The number of hydrogen-bond donors (Lipinski definition) is 2. The Balaban J connectivity index is 1.38. The van der Waals surface area contributed by atoms with E-state index in [2.05, 4.69) is 20.5 Å². The topological polar surface area (TPSA) is 79.4 Å². The number of para-hydroxylation sites is 2. The minimum absolute atomic E-state index is 0.239. The van der Waals surface area contributed by atoms with E-state index in [1.807, 2.05) is 24.3 Å². The van der Waals surface area contributed by atoms with Crippen LogP contribution < -0.4 is 10.2 Å². The number of nitrogens with zero attached hydrogens (tertiary/aromatic N) is 2. The molecular weight excluding hydrogens is 411 g/mol. The van der Waals surface area contributed by atoms with Crippen molar-refractivity contribution in [3.63, 3.8) is 0 Å². The van der Waals surface area contributed by atoms with Gasteiger partial charge in [0.2, 0.25) is 5.95 Å². The lowest BCUT2D eigenvalue weighted by Crippen LogP contribution is -2.09. The van der Waals surface area contributed by atoms with Gasteiger partial charge >= 0.3 is 5.97 Å². The number of H-pyrrole nitrogens is 1. The van der Waals surface area contributed by atoms with E-state index in [1.54, 1.807) is 36.5 Å². The van der Waals surface area contributed by atoms with E-state index in [0.29, 0.717) is 16.7 Å². The Morgan fingerprint density at radius 1 is 1.07 bits per heavy atom. The third-order valence-corrected chi connectivity index (χ3v) is 4.56. The highest BCUT2D eigenvalue weighted by atomic mass is 35.5. The Morgan fingerprint density at radius 2 is 1.86 bits per heavy atom. The fraction of sp³-hybridized carbons (Fsp3) is 0. The standard InChI is InChI=1S/C21H14Cl2N4O2/c22-14-7-10-16(17(23)11-14)20(28)29-15-8-5-13(6-9-15)12-24-27-21-25-18-3-1-2-4-19(18)26-21/h1-12H,(H2,25,26,27)/b24-12-. The van der Waals surface area contributed by atoms with E-state index in [4.69, 9.17) is 27.9 Å². The number of nitrogens with one attached hydrogen (secondary N) is 2. The number of carbonyl (C=O) groups is 1. The van der Waals surface area contributed by atoms with Crippen LogP contribution >= 0.6 is 23.2 Å². The molecule has 0 saturated carbocycles. The molecule has 0 amide bonds. The van der Waals surface area contributed by atoms with Gasteiger partial charge in [0.05, 0.1) is 27.8 Å². The molecule has 3 aromatic carbocycles. The molecule has 0 bridgehead atoms. The van der Waals surface area contributed by atoms with Gasteiger partial charge in [-0.05, 0) is 60.2 Å². The largest absolute Gasteiger partial charge is 0.423 e. The van der Waals surface area contributed by atoms with E-state index < -0.39 is 5.97 Å². The molecule has 0 aliphatic rings. The predicted octanol–water partition coefficient (Wildman–Crippen LogP) is 5.53. The molecule has 2 N–H and O–H groups in total. The molecule has 4 aromatic rings. The molecule has 0 atom stereocenters. The Hall–Kier alpha value is -3.35. The maximum absolute atomic E-state index is 12.2. The molecule has 29 heavy (non-hydrogen) atoms. The summed E-state index contributed by atoms with van der Waals surface area (Å²) in [4.78, 5) is 19.7. The number of aromatic nitrogens is 2. The van der Waals surface area contributed by atoms with Crippen LogP contribution in [0.1, 0.15) is 15.9 Å². The summed E-state index contributed by atoms with van der Waals surface area (Å²) in [6, 6.07) is 19.2. The molecule has 0 saturated heterocycles. The van der Waals surface area contributed by atoms with Gasteiger partial charge in [-0.1, -0.05) is 35.3 Å². The molecule has 0 fully saturated rings. The lowest BCUT2D eigenvalue weighted by atomic mass is 10.2. The molecule has 0 spiro atoms. The first-order valence-corrected chi connectivity index (χ1v) is 9.35. The van der Waals surface area contributed by atoms with E-state index in [-0.39, 0.29) is 10.6 Å². The summed E-state index contributed by atoms with van der Waals surface area (Å²) < 4.78 is 5.34. The maximum Gasteiger partial charge on any atom is 0.345 e. The number of carbonyl (C=O) groups excluding carboxylic acids is 1. The number of aromatic amines is 1. The summed E-state index contributed by atoms with van der Waals surface area (Å²) >= 11 is 11.9. The first kappa shape index (κ1) is 19.0. The summed E-state index contributed by atoms with van der Waals surface area (Å²) in [6.07, 6.45) is 1.63. The molecular formula is C21H14Cl2N4O2. The van der Waals surface area contributed by atoms with Crippen LogP contribution in [-0.2, 0) is 0 Å². The van der Waals surface area contributed by atoms with E-state index in [1.165, 1.54) is 12.1 Å². The van der Waals surface area contributed by atoms with Crippen molar-refractivity contribution in [3.8, 4) is 5.75 Å². The SMILES string of the molecule is O=C(Oc1ccc(/C=N\Nc2nc3ccccc3[nH]2)cc1)c1ccc(Cl)cc1Cl. The Bertz CT molecular complexity index is 1170. The van der Waals surface area contributed by atoms with Crippen LogP contribution in [0.15, 0.2) is 71.8 Å². The molecule has 4 rings (SSSR count). The van der Waals surface area contributed by atoms with Gasteiger partial charge in [0.1, 0.15) is 5.75 Å². The van der Waals surface area contributed by atoms with Crippen molar-refractivity contribution in [3.05, 3.63) is 87.9 Å². The number of imidazole rings is 1. The number of fused-ring (bicyclic) bond motifs is 1. The normalized spacial score (nSPS) is 11.1. The van der Waals surface area contributed by atoms with Gasteiger partial charge in [-0.3, -0.25) is 0 Å². The van der Waals surface area contributed by atoms with Crippen molar-refractivity contribution in [2.45, 2.75) is 0 Å². The van der Waals surface area contributed by atoms with E-state index >= 15 is 0 Å². The second kappa shape index (κ2) is 8.34. The molecule has 1 heterocycles. The van der Waals surface area contributed by atoms with Crippen LogP contribution in [0, 0.1) is 0 Å². The van der Waals surface area contributed by atoms with Crippen LogP contribution in [0.2, 0.25) is 10.0 Å². The zero-order valence-corrected chi connectivity index (χ0v) is 16.4. The number of benzene rings is 3. The molecule has 0 radical (unpaired) electrons. The van der Waals surface area contributed by atoms with Crippen LogP contribution in [-0.4, -0.2) is 22.2 Å². The van der Waals surface area contributed by atoms with Crippen molar-refractivity contribution < 1.29 is 9.53 Å². The zero-order chi connectivity index (χ0) is 20.2. The number of anilines is 1. The number of ether oxygens (including phenoxy) is 1. The maximum atomic E-state index is 12.2. The monoisotopic (exact) mass is 424 g/mol. The number of esters is 1. The third-order valence-electron chi connectivity index (χ3n) is 4.02. The molecule has 0 aliphatic heterocycles. The predicted molar refractivity (Wildman–Crippen MR) is 115 cm³/mol. The van der Waals surface area contributed by atoms with E-state index in [0.717, 1.165) is 16.6 Å². The van der Waals surface area contributed by atoms with Crippen LogP contribution in [0.4, 0.5) is 5.95 Å². The van der Waals surface area contributed by atoms with Gasteiger partial charge in [-0.2, -0.15) is 5.10 Å². The average Bonchev–Trinajstić information content (AvgIpc) is 3.12. The van der Waals surface area contributed by atoms with Crippen LogP contribution in [0.3, 0.4) is 0 Å². The van der Waals surface area contributed by atoms with Gasteiger partial charge in [0, 0.05) is 5.02 Å². The second-order valence-electron chi connectivity index (χ2n) is 6.06. The summed E-state index contributed by atoms with van der Waals surface area (Å²) in [5.41, 5.74) is 5.70. The lowest BCUT2D eigenvalue weighted by molar-refractivity contribution is 0.0735. The van der Waals surface area contributed by atoms with Crippen LogP contribution in [0.5, 0.6) is 5.75 Å². The van der Waals surface area contributed by atoms with Crippen molar-refractivity contribution in [1.82, 2.24) is 9.97 Å². The quantitative estimate of drug-likeness (QED) is 0.191. The lowest BCUT2D eigenvalue weighted by Gasteiger charge is -2.06. The fourth-order valence-corrected chi connectivity index (χ4v) is 3.10. The molecule has 1 aromatic heterocycles. The first-order valence-electron chi connectivity index (χ1n) is 8.59. The highest BCUT2D eigenvalue weighted by molar-refractivity contribution is 6.36. The summed E-state index contributed by atoms with van der Waals surface area (Å²) in [5.74, 6) is 0.385. The summed E-state index contributed by atoms with van der Waals surface area (Å²) in [7, 11) is 0. The fourth-order valence-electron chi connectivity index (χ4n) is 2.61. The third kappa shape index (κ3) is 4.56. The van der Waals surface area contributed by atoms with Crippen LogP contribution in [0.25, 0.3) is 11.0 Å². The zero-order valence-electron chi connectivity index (χ0n) is 14.9.